The molecule has 1 saturated heterocycles. The summed E-state index contributed by atoms with van der Waals surface area (Å²) in [5.41, 5.74) is 2.35. The van der Waals surface area contributed by atoms with Gasteiger partial charge in [0.2, 0.25) is 0 Å². The standard InChI is InChI=1S/C22H22O7/c1-28-22(27)15-9-7-13(8-10-15)5-6-14-3-2-4-16(11-14)21-20(26)19(25)18(24)17(12-23)29-21/h2-4,7-11,17-21,23-26H,12H2,1H3/t17-,18-,19+,20+,21-/m1/s1. The van der Waals surface area contributed by atoms with Crippen LogP contribution in [-0.4, -0.2) is 64.5 Å². The average Bonchev–Trinajstić information content (AvgIpc) is 2.76. The zero-order valence-corrected chi connectivity index (χ0v) is 15.7. The molecule has 1 fully saturated rings. The lowest BCUT2D eigenvalue weighted by atomic mass is 9.91. The van der Waals surface area contributed by atoms with E-state index in [0.717, 1.165) is 0 Å². The Morgan fingerprint density at radius 3 is 2.34 bits per heavy atom. The van der Waals surface area contributed by atoms with Gasteiger partial charge in [-0.25, -0.2) is 4.79 Å². The Labute approximate surface area is 168 Å². The van der Waals surface area contributed by atoms with E-state index in [0.29, 0.717) is 22.3 Å². The molecule has 152 valence electrons. The number of hydrogen-bond acceptors (Lipinski definition) is 7. The molecule has 2 aromatic carbocycles. The largest absolute Gasteiger partial charge is 0.465 e. The van der Waals surface area contributed by atoms with Crippen molar-refractivity contribution in [2.45, 2.75) is 30.5 Å². The summed E-state index contributed by atoms with van der Waals surface area (Å²) < 4.78 is 10.2. The Morgan fingerprint density at radius 1 is 1.00 bits per heavy atom. The molecule has 7 nitrogen and oxygen atoms in total. The van der Waals surface area contributed by atoms with Gasteiger partial charge in [-0.2, -0.15) is 0 Å². The topological polar surface area (TPSA) is 116 Å². The van der Waals surface area contributed by atoms with Crippen LogP contribution >= 0.6 is 0 Å². The molecular weight excluding hydrogens is 376 g/mol. The van der Waals surface area contributed by atoms with Gasteiger partial charge in [0.25, 0.3) is 0 Å². The van der Waals surface area contributed by atoms with Crippen molar-refractivity contribution >= 4 is 5.97 Å². The van der Waals surface area contributed by atoms with Crippen LogP contribution in [0.2, 0.25) is 0 Å². The first-order valence-electron chi connectivity index (χ1n) is 9.05. The highest BCUT2D eigenvalue weighted by Crippen LogP contribution is 2.32. The predicted octanol–water partition coefficient (Wildman–Crippen LogP) is 0.388. The van der Waals surface area contributed by atoms with Crippen molar-refractivity contribution in [3.8, 4) is 11.8 Å². The third-order valence-electron chi connectivity index (χ3n) is 4.76. The van der Waals surface area contributed by atoms with Crippen LogP contribution in [0.1, 0.15) is 33.2 Å². The molecule has 1 heterocycles. The maximum absolute atomic E-state index is 11.5. The minimum Gasteiger partial charge on any atom is -0.465 e. The fourth-order valence-corrected chi connectivity index (χ4v) is 3.12. The van der Waals surface area contributed by atoms with Crippen LogP contribution < -0.4 is 0 Å². The van der Waals surface area contributed by atoms with Gasteiger partial charge in [0.1, 0.15) is 30.5 Å². The molecule has 29 heavy (non-hydrogen) atoms. The summed E-state index contributed by atoms with van der Waals surface area (Å²) in [6.07, 6.45) is -6.06. The lowest BCUT2D eigenvalue weighted by molar-refractivity contribution is -0.231. The number of esters is 1. The van der Waals surface area contributed by atoms with E-state index >= 15 is 0 Å². The van der Waals surface area contributed by atoms with Crippen molar-refractivity contribution in [1.82, 2.24) is 0 Å². The van der Waals surface area contributed by atoms with Gasteiger partial charge in [0, 0.05) is 11.1 Å². The maximum Gasteiger partial charge on any atom is 0.337 e. The van der Waals surface area contributed by atoms with Gasteiger partial charge in [0.15, 0.2) is 0 Å². The van der Waals surface area contributed by atoms with E-state index in [4.69, 9.17) is 4.74 Å². The van der Waals surface area contributed by atoms with Gasteiger partial charge in [-0.1, -0.05) is 24.0 Å². The average molecular weight is 398 g/mol. The first kappa shape index (κ1) is 21.0. The molecule has 4 N–H and O–H groups in total. The summed E-state index contributed by atoms with van der Waals surface area (Å²) in [4.78, 5) is 11.5. The van der Waals surface area contributed by atoms with Gasteiger partial charge < -0.3 is 29.9 Å². The Bertz CT molecular complexity index is 911. The van der Waals surface area contributed by atoms with E-state index in [1.54, 1.807) is 48.5 Å². The molecule has 1 aliphatic heterocycles. The summed E-state index contributed by atoms with van der Waals surface area (Å²) in [5, 5.41) is 39.5. The van der Waals surface area contributed by atoms with Gasteiger partial charge in [-0.3, -0.25) is 0 Å². The van der Waals surface area contributed by atoms with Crippen molar-refractivity contribution in [3.05, 3.63) is 70.8 Å². The smallest absolute Gasteiger partial charge is 0.337 e. The Balaban J connectivity index is 1.80. The summed E-state index contributed by atoms with van der Waals surface area (Å²) in [5.74, 6) is 5.57. The molecule has 2 aromatic rings. The van der Waals surface area contributed by atoms with Crippen LogP contribution in [0.15, 0.2) is 48.5 Å². The van der Waals surface area contributed by atoms with Crippen LogP contribution in [0.25, 0.3) is 0 Å². The van der Waals surface area contributed by atoms with E-state index in [2.05, 4.69) is 16.6 Å². The molecule has 5 atom stereocenters. The molecule has 0 bridgehead atoms. The normalized spacial score (nSPS) is 26.3. The van der Waals surface area contributed by atoms with Gasteiger partial charge >= 0.3 is 5.97 Å². The lowest BCUT2D eigenvalue weighted by Crippen LogP contribution is -2.55. The fourth-order valence-electron chi connectivity index (χ4n) is 3.12. The molecule has 0 aromatic heterocycles. The first-order valence-corrected chi connectivity index (χ1v) is 9.05. The molecule has 0 radical (unpaired) electrons. The first-order chi connectivity index (χ1) is 13.9. The van der Waals surface area contributed by atoms with Crippen molar-refractivity contribution < 1.29 is 34.7 Å². The van der Waals surface area contributed by atoms with Gasteiger partial charge in [-0.15, -0.1) is 0 Å². The molecule has 0 saturated carbocycles. The third-order valence-corrected chi connectivity index (χ3v) is 4.76. The molecule has 0 amide bonds. The summed E-state index contributed by atoms with van der Waals surface area (Å²) in [6, 6.07) is 13.6. The van der Waals surface area contributed by atoms with Crippen LogP contribution in [0.5, 0.6) is 0 Å². The van der Waals surface area contributed by atoms with E-state index in [9.17, 15) is 25.2 Å². The number of carbonyl (C=O) groups is 1. The number of hydrogen-bond donors (Lipinski definition) is 4. The number of rotatable bonds is 3. The van der Waals surface area contributed by atoms with E-state index in [-0.39, 0.29) is 0 Å². The minimum atomic E-state index is -1.44. The highest BCUT2D eigenvalue weighted by Gasteiger charge is 2.43. The Hall–Kier alpha value is -2.73. The van der Waals surface area contributed by atoms with Crippen molar-refractivity contribution in [2.75, 3.05) is 13.7 Å². The lowest BCUT2D eigenvalue weighted by Gasteiger charge is -2.40. The number of carbonyl (C=O) groups excluding carboxylic acids is 1. The van der Waals surface area contributed by atoms with Crippen LogP contribution in [-0.2, 0) is 9.47 Å². The number of methoxy groups -OCH3 is 1. The maximum atomic E-state index is 11.5. The summed E-state index contributed by atoms with van der Waals surface area (Å²) in [7, 11) is 1.32. The second kappa shape index (κ2) is 9.18. The second-order valence-corrected chi connectivity index (χ2v) is 6.69. The number of ether oxygens (including phenoxy) is 2. The summed E-state index contributed by atoms with van der Waals surface area (Å²) in [6.45, 7) is -0.484. The Kier molecular flexibility index (Phi) is 6.64. The van der Waals surface area contributed by atoms with Gasteiger partial charge in [0.05, 0.1) is 19.3 Å². The van der Waals surface area contributed by atoms with Crippen molar-refractivity contribution in [3.63, 3.8) is 0 Å². The monoisotopic (exact) mass is 398 g/mol. The number of aliphatic hydroxyl groups excluding tert-OH is 4. The SMILES string of the molecule is COC(=O)c1ccc(C#Cc2cccc([C@H]3O[C@H](CO)[C@@H](O)[C@H](O)[C@@H]3O)c2)cc1. The van der Waals surface area contributed by atoms with E-state index in [1.165, 1.54) is 7.11 Å². The second-order valence-electron chi connectivity index (χ2n) is 6.69. The molecule has 1 aliphatic rings. The van der Waals surface area contributed by atoms with E-state index < -0.39 is 43.1 Å². The highest BCUT2D eigenvalue weighted by atomic mass is 16.5. The zero-order valence-electron chi connectivity index (χ0n) is 15.7. The zero-order chi connectivity index (χ0) is 21.0. The van der Waals surface area contributed by atoms with Crippen LogP contribution in [0, 0.1) is 11.8 Å². The molecule has 0 spiro atoms. The Morgan fingerprint density at radius 2 is 1.69 bits per heavy atom. The van der Waals surface area contributed by atoms with Crippen molar-refractivity contribution in [1.29, 1.82) is 0 Å². The number of benzene rings is 2. The molecular formula is C22H22O7. The quantitative estimate of drug-likeness (QED) is 0.437. The van der Waals surface area contributed by atoms with Crippen molar-refractivity contribution in [2.24, 2.45) is 0 Å². The predicted molar refractivity (Wildman–Crippen MR) is 103 cm³/mol. The molecule has 7 heteroatoms. The molecule has 3 rings (SSSR count). The molecule has 0 aliphatic carbocycles. The highest BCUT2D eigenvalue weighted by molar-refractivity contribution is 5.89. The summed E-state index contributed by atoms with van der Waals surface area (Å²) >= 11 is 0. The van der Waals surface area contributed by atoms with Crippen LogP contribution in [0.3, 0.4) is 0 Å². The fraction of sp³-hybridized carbons (Fsp3) is 0.318. The van der Waals surface area contributed by atoms with Gasteiger partial charge in [-0.05, 0) is 42.0 Å². The number of aliphatic hydroxyl groups is 4. The molecule has 0 unspecified atom stereocenters. The van der Waals surface area contributed by atoms with Crippen LogP contribution in [0.4, 0.5) is 0 Å². The van der Waals surface area contributed by atoms with E-state index in [1.807, 2.05) is 0 Å². The minimum absolute atomic E-state index is 0.420. The third kappa shape index (κ3) is 4.65.